The quantitative estimate of drug-likeness (QED) is 0.841. The highest BCUT2D eigenvalue weighted by molar-refractivity contribution is 5.85. The molecule has 1 unspecified atom stereocenters. The maximum atomic E-state index is 13.3. The van der Waals surface area contributed by atoms with Gasteiger partial charge in [0.05, 0.1) is 0 Å². The predicted molar refractivity (Wildman–Crippen MR) is 66.5 cm³/mol. The predicted octanol–water partition coefficient (Wildman–Crippen LogP) is 3.29. The molecule has 1 atom stereocenters. The zero-order valence-electron chi connectivity index (χ0n) is 10.9. The first-order valence-corrected chi connectivity index (χ1v) is 7.09. The lowest BCUT2D eigenvalue weighted by Gasteiger charge is -2.32. The number of halogens is 2. The third-order valence-electron chi connectivity index (χ3n) is 4.76. The van der Waals surface area contributed by atoms with Crippen molar-refractivity contribution in [2.24, 2.45) is 17.1 Å². The molecule has 0 aromatic rings. The summed E-state index contributed by atoms with van der Waals surface area (Å²) >= 11 is 0. The topological polar surface area (TPSA) is 43.1 Å². The van der Waals surface area contributed by atoms with E-state index in [1.807, 2.05) is 0 Å². The second-order valence-corrected chi connectivity index (χ2v) is 6.14. The average molecular weight is 259 g/mol. The van der Waals surface area contributed by atoms with Crippen LogP contribution in [0.1, 0.15) is 57.8 Å². The van der Waals surface area contributed by atoms with Gasteiger partial charge in [0.15, 0.2) is 0 Å². The molecule has 0 radical (unpaired) electrons. The summed E-state index contributed by atoms with van der Waals surface area (Å²) in [6.45, 7) is 0.384. The summed E-state index contributed by atoms with van der Waals surface area (Å²) in [5, 5.41) is 0. The molecule has 2 nitrogen and oxygen atoms in total. The van der Waals surface area contributed by atoms with Gasteiger partial charge in [-0.3, -0.25) is 4.79 Å². The van der Waals surface area contributed by atoms with Crippen LogP contribution in [0, 0.1) is 11.3 Å². The van der Waals surface area contributed by atoms with Crippen LogP contribution in [-0.4, -0.2) is 18.3 Å². The smallest absolute Gasteiger partial charge is 0.248 e. The fourth-order valence-corrected chi connectivity index (χ4v) is 3.58. The molecule has 2 fully saturated rings. The summed E-state index contributed by atoms with van der Waals surface area (Å²) in [4.78, 5) is 12.4. The minimum atomic E-state index is -2.56. The molecule has 2 aliphatic carbocycles. The average Bonchev–Trinajstić information content (AvgIpc) is 2.77. The van der Waals surface area contributed by atoms with Crippen molar-refractivity contribution in [2.45, 2.75) is 63.7 Å². The maximum Gasteiger partial charge on any atom is 0.248 e. The van der Waals surface area contributed by atoms with Crippen molar-refractivity contribution in [3.8, 4) is 0 Å². The molecule has 0 bridgehead atoms. The number of Topliss-reactive ketones (excluding diaryl/α,β-unsaturated/α-hetero) is 1. The molecule has 0 aromatic heterocycles. The molecule has 18 heavy (non-hydrogen) atoms. The van der Waals surface area contributed by atoms with Crippen molar-refractivity contribution in [3.05, 3.63) is 0 Å². The third-order valence-corrected chi connectivity index (χ3v) is 4.76. The van der Waals surface area contributed by atoms with Gasteiger partial charge >= 0.3 is 0 Å². The van der Waals surface area contributed by atoms with Crippen molar-refractivity contribution < 1.29 is 13.6 Å². The Labute approximate surface area is 107 Å². The van der Waals surface area contributed by atoms with E-state index in [4.69, 9.17) is 5.73 Å². The van der Waals surface area contributed by atoms with E-state index in [1.54, 1.807) is 0 Å². The van der Waals surface area contributed by atoms with Crippen molar-refractivity contribution in [1.82, 2.24) is 0 Å². The van der Waals surface area contributed by atoms with E-state index in [0.717, 1.165) is 32.1 Å². The number of hydrogen-bond acceptors (Lipinski definition) is 2. The first-order chi connectivity index (χ1) is 8.47. The highest BCUT2D eigenvalue weighted by Gasteiger charge is 2.42. The van der Waals surface area contributed by atoms with Crippen molar-refractivity contribution in [3.63, 3.8) is 0 Å². The fourth-order valence-electron chi connectivity index (χ4n) is 3.58. The number of hydrogen-bond donors (Lipinski definition) is 1. The van der Waals surface area contributed by atoms with Crippen molar-refractivity contribution in [2.75, 3.05) is 6.54 Å². The van der Waals surface area contributed by atoms with Crippen LogP contribution in [0.4, 0.5) is 8.78 Å². The van der Waals surface area contributed by atoms with Gasteiger partial charge in [0.1, 0.15) is 5.78 Å². The lowest BCUT2D eigenvalue weighted by Crippen LogP contribution is -2.38. The molecule has 2 saturated carbocycles. The number of carbonyl (C=O) groups excluding carboxylic acids is 1. The molecule has 2 N–H and O–H groups in total. The Morgan fingerprint density at radius 3 is 2.39 bits per heavy atom. The Morgan fingerprint density at radius 1 is 1.17 bits per heavy atom. The van der Waals surface area contributed by atoms with Gasteiger partial charge in [-0.2, -0.15) is 0 Å². The van der Waals surface area contributed by atoms with Crippen LogP contribution in [0.15, 0.2) is 0 Å². The molecule has 0 aromatic carbocycles. The second-order valence-electron chi connectivity index (χ2n) is 6.14. The first kappa shape index (κ1) is 13.9. The van der Waals surface area contributed by atoms with E-state index in [9.17, 15) is 13.6 Å². The lowest BCUT2D eigenvalue weighted by atomic mass is 9.75. The van der Waals surface area contributed by atoms with Crippen LogP contribution in [0.3, 0.4) is 0 Å². The van der Waals surface area contributed by atoms with Gasteiger partial charge in [0.2, 0.25) is 5.92 Å². The van der Waals surface area contributed by atoms with Gasteiger partial charge in [-0.25, -0.2) is 8.78 Å². The van der Waals surface area contributed by atoms with Gasteiger partial charge < -0.3 is 5.73 Å². The molecule has 0 heterocycles. The third kappa shape index (κ3) is 2.90. The van der Waals surface area contributed by atoms with Crippen LogP contribution in [0.2, 0.25) is 0 Å². The maximum absolute atomic E-state index is 13.3. The Balaban J connectivity index is 1.94. The summed E-state index contributed by atoms with van der Waals surface area (Å²) in [5.41, 5.74) is 5.38. The summed E-state index contributed by atoms with van der Waals surface area (Å²) in [5.74, 6) is -2.55. The molecular weight excluding hydrogens is 236 g/mol. The molecule has 4 heteroatoms. The van der Waals surface area contributed by atoms with Gasteiger partial charge in [-0.15, -0.1) is 0 Å². The van der Waals surface area contributed by atoms with Crippen molar-refractivity contribution >= 4 is 5.78 Å². The minimum absolute atomic E-state index is 0.0142. The summed E-state index contributed by atoms with van der Waals surface area (Å²) in [6, 6.07) is 0. The zero-order chi connectivity index (χ0) is 13.2. The van der Waals surface area contributed by atoms with E-state index in [2.05, 4.69) is 0 Å². The molecule has 0 amide bonds. The number of rotatable bonds is 4. The summed E-state index contributed by atoms with van der Waals surface area (Å²) < 4.78 is 26.6. The monoisotopic (exact) mass is 259 g/mol. The zero-order valence-corrected chi connectivity index (χ0v) is 10.9. The SMILES string of the molecule is NCC1(C(=O)CC2CCCC(F)(F)C2)CCCC1. The standard InChI is InChI=1S/C14H23F2NO/c15-14(16)7-3-4-11(9-14)8-12(18)13(10-17)5-1-2-6-13/h11H,1-10,17H2. The fraction of sp³-hybridized carbons (Fsp3) is 0.929. The Morgan fingerprint density at radius 2 is 1.83 bits per heavy atom. The number of carbonyl (C=O) groups is 1. The Bertz CT molecular complexity index is 311. The highest BCUT2D eigenvalue weighted by Crippen LogP contribution is 2.43. The Hall–Kier alpha value is -0.510. The summed E-state index contributed by atoms with van der Waals surface area (Å²) in [7, 11) is 0. The van der Waals surface area contributed by atoms with E-state index < -0.39 is 5.92 Å². The van der Waals surface area contributed by atoms with Crippen LogP contribution < -0.4 is 5.73 Å². The van der Waals surface area contributed by atoms with E-state index >= 15 is 0 Å². The minimum Gasteiger partial charge on any atom is -0.329 e. The van der Waals surface area contributed by atoms with Gasteiger partial charge in [-0.05, 0) is 31.6 Å². The lowest BCUT2D eigenvalue weighted by molar-refractivity contribution is -0.130. The molecule has 104 valence electrons. The molecule has 0 aliphatic heterocycles. The van der Waals surface area contributed by atoms with Crippen molar-refractivity contribution in [1.29, 1.82) is 0 Å². The number of nitrogens with two attached hydrogens (primary N) is 1. The van der Waals surface area contributed by atoms with E-state index in [1.165, 1.54) is 0 Å². The van der Waals surface area contributed by atoms with E-state index in [-0.39, 0.29) is 30.0 Å². The molecule has 0 saturated heterocycles. The van der Waals surface area contributed by atoms with Crippen LogP contribution >= 0.6 is 0 Å². The van der Waals surface area contributed by atoms with E-state index in [0.29, 0.717) is 19.4 Å². The normalized spacial score (nSPS) is 30.3. The largest absolute Gasteiger partial charge is 0.329 e. The molecule has 0 spiro atoms. The van der Waals surface area contributed by atoms with Gasteiger partial charge in [-0.1, -0.05) is 12.8 Å². The second kappa shape index (κ2) is 5.24. The first-order valence-electron chi connectivity index (χ1n) is 7.09. The molecular formula is C14H23F2NO. The van der Waals surface area contributed by atoms with Gasteiger partial charge in [0.25, 0.3) is 0 Å². The van der Waals surface area contributed by atoms with Gasteiger partial charge in [0, 0.05) is 31.2 Å². The molecule has 2 aliphatic rings. The van der Waals surface area contributed by atoms with Crippen LogP contribution in [0.5, 0.6) is 0 Å². The van der Waals surface area contributed by atoms with Crippen LogP contribution in [-0.2, 0) is 4.79 Å². The summed E-state index contributed by atoms with van der Waals surface area (Å²) in [6.07, 6.45) is 5.29. The van der Waals surface area contributed by atoms with Crippen LogP contribution in [0.25, 0.3) is 0 Å². The molecule has 2 rings (SSSR count). The Kier molecular flexibility index (Phi) is 4.05. The highest BCUT2D eigenvalue weighted by atomic mass is 19.3. The number of alkyl halides is 2. The number of ketones is 1.